The van der Waals surface area contributed by atoms with Gasteiger partial charge in [0, 0.05) is 19.6 Å². The van der Waals surface area contributed by atoms with Crippen molar-refractivity contribution in [2.75, 3.05) is 23.3 Å². The van der Waals surface area contributed by atoms with Gasteiger partial charge in [0.05, 0.1) is 29.1 Å². The van der Waals surface area contributed by atoms with E-state index >= 15 is 0 Å². The molecule has 3 rings (SSSR count). The van der Waals surface area contributed by atoms with E-state index in [2.05, 4.69) is 5.32 Å². The van der Waals surface area contributed by atoms with E-state index in [0.29, 0.717) is 37.2 Å². The van der Waals surface area contributed by atoms with E-state index in [9.17, 15) is 13.9 Å². The van der Waals surface area contributed by atoms with E-state index in [-0.39, 0.29) is 29.7 Å². The first kappa shape index (κ1) is 17.2. The monoisotopic (exact) mass is 343 g/mol. The van der Waals surface area contributed by atoms with E-state index in [0.717, 1.165) is 6.07 Å². The number of aliphatic hydroxyl groups excluding tert-OH is 1. The predicted molar refractivity (Wildman–Crippen MR) is 92.3 cm³/mol. The predicted octanol–water partition coefficient (Wildman–Crippen LogP) is 3.41. The third-order valence-electron chi connectivity index (χ3n) is 4.40. The van der Waals surface area contributed by atoms with E-state index < -0.39 is 5.82 Å². The fourth-order valence-corrected chi connectivity index (χ4v) is 2.95. The molecule has 2 aromatic rings. The van der Waals surface area contributed by atoms with Crippen LogP contribution in [0.25, 0.3) is 0 Å². The lowest BCUT2D eigenvalue weighted by Crippen LogP contribution is -2.36. The van der Waals surface area contributed by atoms with Gasteiger partial charge in [-0.15, -0.1) is 0 Å². The van der Waals surface area contributed by atoms with Crippen LogP contribution in [0.5, 0.6) is 0 Å². The molecule has 0 atom stereocenters. The third-order valence-corrected chi connectivity index (χ3v) is 4.40. The summed E-state index contributed by atoms with van der Waals surface area (Å²) < 4.78 is 28.2. The highest BCUT2D eigenvalue weighted by atomic mass is 19.1. The Labute approximate surface area is 145 Å². The summed E-state index contributed by atoms with van der Waals surface area (Å²) in [5, 5.41) is 21.2. The first-order chi connectivity index (χ1) is 12.1. The molecule has 0 radical (unpaired) electrons. The van der Waals surface area contributed by atoms with Gasteiger partial charge in [-0.25, -0.2) is 8.78 Å². The Morgan fingerprint density at radius 3 is 2.52 bits per heavy atom. The van der Waals surface area contributed by atoms with Crippen molar-refractivity contribution < 1.29 is 13.9 Å². The van der Waals surface area contributed by atoms with Crippen LogP contribution in [-0.4, -0.2) is 24.3 Å². The number of rotatable bonds is 4. The zero-order valence-corrected chi connectivity index (χ0v) is 13.7. The highest BCUT2D eigenvalue weighted by molar-refractivity contribution is 5.52. The Morgan fingerprint density at radius 2 is 1.88 bits per heavy atom. The molecule has 0 unspecified atom stereocenters. The number of piperidine rings is 1. The zero-order chi connectivity index (χ0) is 17.8. The molecule has 0 saturated carbocycles. The Bertz CT molecular complexity index is 796. The molecule has 0 aromatic heterocycles. The molecule has 25 heavy (non-hydrogen) atoms. The van der Waals surface area contributed by atoms with Gasteiger partial charge in [0.2, 0.25) is 0 Å². The van der Waals surface area contributed by atoms with Gasteiger partial charge in [0.25, 0.3) is 0 Å². The van der Waals surface area contributed by atoms with Crippen molar-refractivity contribution in [3.8, 4) is 6.07 Å². The van der Waals surface area contributed by atoms with Crippen molar-refractivity contribution in [3.05, 3.63) is 59.2 Å². The molecule has 1 saturated heterocycles. The average molecular weight is 343 g/mol. The van der Waals surface area contributed by atoms with E-state index in [4.69, 9.17) is 5.26 Å². The molecule has 0 amide bonds. The molecule has 1 aliphatic rings. The molecule has 0 aliphatic carbocycles. The quantitative estimate of drug-likeness (QED) is 0.893. The Balaban J connectivity index is 1.66. The van der Waals surface area contributed by atoms with Crippen LogP contribution in [-0.2, 0) is 6.54 Å². The molecule has 130 valence electrons. The summed E-state index contributed by atoms with van der Waals surface area (Å²) in [6.45, 7) is 1.54. The van der Waals surface area contributed by atoms with Gasteiger partial charge in [-0.2, -0.15) is 5.26 Å². The van der Waals surface area contributed by atoms with Gasteiger partial charge in [-0.3, -0.25) is 0 Å². The van der Waals surface area contributed by atoms with E-state index in [1.54, 1.807) is 12.1 Å². The molecule has 6 heteroatoms. The number of benzene rings is 2. The van der Waals surface area contributed by atoms with Crippen LogP contribution >= 0.6 is 0 Å². The Hall–Kier alpha value is -2.65. The van der Waals surface area contributed by atoms with Crippen LogP contribution in [0.15, 0.2) is 36.4 Å². The van der Waals surface area contributed by atoms with E-state index in [1.807, 2.05) is 11.0 Å². The lowest BCUT2D eigenvalue weighted by molar-refractivity contribution is 0.145. The topological polar surface area (TPSA) is 59.3 Å². The summed E-state index contributed by atoms with van der Waals surface area (Å²) in [4.78, 5) is 1.93. The SMILES string of the molecule is N#Cc1ccc(NCc2ccc(N3CCC(O)CC3)c(F)c2)c(F)c1. The smallest absolute Gasteiger partial charge is 0.147 e. The second-order valence-corrected chi connectivity index (χ2v) is 6.16. The number of hydrogen-bond acceptors (Lipinski definition) is 4. The molecule has 2 N–H and O–H groups in total. The summed E-state index contributed by atoms with van der Waals surface area (Å²) in [5.74, 6) is -0.834. The largest absolute Gasteiger partial charge is 0.393 e. The summed E-state index contributed by atoms with van der Waals surface area (Å²) in [6.07, 6.45) is 0.978. The van der Waals surface area contributed by atoms with Gasteiger partial charge in [0.15, 0.2) is 0 Å². The molecule has 1 aliphatic heterocycles. The van der Waals surface area contributed by atoms with Crippen molar-refractivity contribution in [1.82, 2.24) is 0 Å². The summed E-state index contributed by atoms with van der Waals surface area (Å²) >= 11 is 0. The third kappa shape index (κ3) is 4.06. The fourth-order valence-electron chi connectivity index (χ4n) is 2.95. The van der Waals surface area contributed by atoms with Crippen LogP contribution < -0.4 is 10.2 Å². The highest BCUT2D eigenvalue weighted by Gasteiger charge is 2.19. The minimum atomic E-state index is -0.511. The van der Waals surface area contributed by atoms with Gasteiger partial charge in [-0.1, -0.05) is 6.07 Å². The van der Waals surface area contributed by atoms with Crippen molar-refractivity contribution >= 4 is 11.4 Å². The normalized spacial score (nSPS) is 15.0. The number of nitrogens with zero attached hydrogens (tertiary/aromatic N) is 2. The number of nitriles is 1. The first-order valence-corrected chi connectivity index (χ1v) is 8.22. The van der Waals surface area contributed by atoms with Crippen LogP contribution in [0, 0.1) is 23.0 Å². The molecular weight excluding hydrogens is 324 g/mol. The second kappa shape index (κ2) is 7.49. The van der Waals surface area contributed by atoms with Crippen molar-refractivity contribution in [2.24, 2.45) is 0 Å². The number of aliphatic hydroxyl groups is 1. The lowest BCUT2D eigenvalue weighted by Gasteiger charge is -2.31. The Morgan fingerprint density at radius 1 is 1.12 bits per heavy atom. The molecule has 4 nitrogen and oxygen atoms in total. The van der Waals surface area contributed by atoms with Crippen LogP contribution in [0.2, 0.25) is 0 Å². The summed E-state index contributed by atoms with van der Waals surface area (Å²) in [7, 11) is 0. The molecule has 0 bridgehead atoms. The highest BCUT2D eigenvalue weighted by Crippen LogP contribution is 2.25. The first-order valence-electron chi connectivity index (χ1n) is 8.22. The van der Waals surface area contributed by atoms with Gasteiger partial charge < -0.3 is 15.3 Å². The van der Waals surface area contributed by atoms with E-state index in [1.165, 1.54) is 18.2 Å². The van der Waals surface area contributed by atoms with Crippen LogP contribution in [0.1, 0.15) is 24.0 Å². The van der Waals surface area contributed by atoms with Crippen molar-refractivity contribution in [3.63, 3.8) is 0 Å². The van der Waals surface area contributed by atoms with Crippen LogP contribution in [0.4, 0.5) is 20.2 Å². The maximum absolute atomic E-state index is 14.4. The summed E-state index contributed by atoms with van der Waals surface area (Å²) in [5.41, 5.74) is 1.75. The minimum Gasteiger partial charge on any atom is -0.393 e. The number of hydrogen-bond donors (Lipinski definition) is 2. The number of nitrogens with one attached hydrogen (secondary N) is 1. The maximum atomic E-state index is 14.4. The summed E-state index contributed by atoms with van der Waals surface area (Å²) in [6, 6.07) is 11.0. The molecule has 1 heterocycles. The lowest BCUT2D eigenvalue weighted by atomic mass is 10.1. The molecular formula is C19H19F2N3O. The van der Waals surface area contributed by atoms with Gasteiger partial charge in [-0.05, 0) is 48.7 Å². The second-order valence-electron chi connectivity index (χ2n) is 6.16. The molecule has 2 aromatic carbocycles. The van der Waals surface area contributed by atoms with Crippen molar-refractivity contribution in [2.45, 2.75) is 25.5 Å². The number of halogens is 2. The minimum absolute atomic E-state index is 0.255. The standard InChI is InChI=1S/C19H19F2N3O/c20-16-9-13(11-22)1-3-18(16)23-12-14-2-4-19(17(21)10-14)24-7-5-15(25)6-8-24/h1-4,9-10,15,23,25H,5-8,12H2. The van der Waals surface area contributed by atoms with Gasteiger partial charge >= 0.3 is 0 Å². The van der Waals surface area contributed by atoms with Gasteiger partial charge in [0.1, 0.15) is 11.6 Å². The zero-order valence-electron chi connectivity index (χ0n) is 13.7. The van der Waals surface area contributed by atoms with Crippen LogP contribution in [0.3, 0.4) is 0 Å². The molecule has 1 fully saturated rings. The number of anilines is 2. The fraction of sp³-hybridized carbons (Fsp3) is 0.316. The Kier molecular flexibility index (Phi) is 5.15. The molecule has 0 spiro atoms. The van der Waals surface area contributed by atoms with Crippen molar-refractivity contribution in [1.29, 1.82) is 5.26 Å². The average Bonchev–Trinajstić information content (AvgIpc) is 2.61. The maximum Gasteiger partial charge on any atom is 0.147 e.